The molecular weight excluding hydrogens is 432 g/mol. The number of hydrogen-bond donors (Lipinski definition) is 0. The van der Waals surface area contributed by atoms with Gasteiger partial charge in [-0.2, -0.15) is 9.40 Å². The Morgan fingerprint density at radius 1 is 1.16 bits per heavy atom. The van der Waals surface area contributed by atoms with Crippen LogP contribution in [0.25, 0.3) is 10.2 Å². The molecule has 0 spiro atoms. The van der Waals surface area contributed by atoms with Crippen molar-refractivity contribution in [1.82, 2.24) is 19.0 Å². The highest BCUT2D eigenvalue weighted by Crippen LogP contribution is 2.29. The van der Waals surface area contributed by atoms with Gasteiger partial charge in [-0.25, -0.2) is 8.42 Å². The summed E-state index contributed by atoms with van der Waals surface area (Å²) in [6.07, 6.45) is 1.01. The number of amides is 1. The molecule has 1 saturated heterocycles. The number of piperazine rings is 1. The number of nitrogens with zero attached hydrogens (tertiary/aromatic N) is 4. The summed E-state index contributed by atoms with van der Waals surface area (Å²) in [6.45, 7) is 7.55. The summed E-state index contributed by atoms with van der Waals surface area (Å²) in [5.74, 6) is 0.357. The highest BCUT2D eigenvalue weighted by molar-refractivity contribution is 7.89. The third-order valence-electron chi connectivity index (χ3n) is 6.13. The second kappa shape index (κ2) is 8.37. The molecule has 1 fully saturated rings. The number of aromatic nitrogens is 2. The maximum absolute atomic E-state index is 13.1. The van der Waals surface area contributed by atoms with Crippen molar-refractivity contribution in [3.8, 4) is 0 Å². The molecule has 1 aromatic carbocycles. The van der Waals surface area contributed by atoms with Crippen LogP contribution in [-0.2, 0) is 17.1 Å². The van der Waals surface area contributed by atoms with Crippen LogP contribution >= 0.6 is 11.3 Å². The van der Waals surface area contributed by atoms with Crippen LogP contribution < -0.4 is 0 Å². The first kappa shape index (κ1) is 22.0. The van der Waals surface area contributed by atoms with Crippen LogP contribution in [-0.4, -0.2) is 59.5 Å². The number of carbonyl (C=O) groups excluding carboxylic acids is 1. The van der Waals surface area contributed by atoms with Crippen molar-refractivity contribution in [3.05, 3.63) is 46.5 Å². The van der Waals surface area contributed by atoms with Crippen LogP contribution in [0.15, 0.2) is 35.2 Å². The largest absolute Gasteiger partial charge is 0.335 e. The molecule has 4 rings (SSSR count). The fourth-order valence-corrected chi connectivity index (χ4v) is 6.46. The van der Waals surface area contributed by atoms with E-state index in [1.807, 2.05) is 32.2 Å². The first-order valence-corrected chi connectivity index (χ1v) is 12.8. The van der Waals surface area contributed by atoms with Gasteiger partial charge in [0, 0.05) is 38.6 Å². The lowest BCUT2D eigenvalue weighted by molar-refractivity contribution is 0.0703. The number of thiophene rings is 1. The number of fused-ring (bicyclic) bond motifs is 1. The maximum atomic E-state index is 13.1. The fourth-order valence-electron chi connectivity index (χ4n) is 3.95. The summed E-state index contributed by atoms with van der Waals surface area (Å²) >= 11 is 1.43. The van der Waals surface area contributed by atoms with Gasteiger partial charge in [0.15, 0.2) is 0 Å². The van der Waals surface area contributed by atoms with Crippen molar-refractivity contribution in [2.45, 2.75) is 38.0 Å². The quantitative estimate of drug-likeness (QED) is 0.583. The van der Waals surface area contributed by atoms with E-state index in [2.05, 4.69) is 18.9 Å². The molecule has 1 atom stereocenters. The number of carbonyl (C=O) groups is 1. The Labute approximate surface area is 187 Å². The first-order valence-electron chi connectivity index (χ1n) is 10.5. The van der Waals surface area contributed by atoms with Gasteiger partial charge in [-0.15, -0.1) is 11.3 Å². The molecule has 166 valence electrons. The molecule has 1 aliphatic heterocycles. The molecule has 0 saturated carbocycles. The van der Waals surface area contributed by atoms with Gasteiger partial charge in [0.25, 0.3) is 5.91 Å². The van der Waals surface area contributed by atoms with E-state index in [0.717, 1.165) is 27.9 Å². The fraction of sp³-hybridized carbons (Fsp3) is 0.455. The van der Waals surface area contributed by atoms with Crippen LogP contribution in [0.4, 0.5) is 0 Å². The Kier molecular flexibility index (Phi) is 5.93. The summed E-state index contributed by atoms with van der Waals surface area (Å²) in [6, 6.07) is 9.09. The highest BCUT2D eigenvalue weighted by Gasteiger charge is 2.31. The minimum atomic E-state index is -3.56. The Hall–Kier alpha value is -2.23. The monoisotopic (exact) mass is 460 g/mol. The predicted octanol–water partition coefficient (Wildman–Crippen LogP) is 3.60. The van der Waals surface area contributed by atoms with E-state index in [0.29, 0.717) is 41.9 Å². The highest BCUT2D eigenvalue weighted by atomic mass is 32.2. The summed E-state index contributed by atoms with van der Waals surface area (Å²) in [7, 11) is -1.69. The number of aryl methyl sites for hydroxylation is 2. The smallest absolute Gasteiger partial charge is 0.264 e. The van der Waals surface area contributed by atoms with Crippen molar-refractivity contribution in [2.24, 2.45) is 7.05 Å². The molecular formula is C22H28N4O3S2. The third kappa shape index (κ3) is 4.02. The lowest BCUT2D eigenvalue weighted by Gasteiger charge is -2.33. The molecule has 1 unspecified atom stereocenters. The van der Waals surface area contributed by atoms with Crippen LogP contribution in [0.3, 0.4) is 0 Å². The van der Waals surface area contributed by atoms with Crippen LogP contribution in [0, 0.1) is 6.92 Å². The van der Waals surface area contributed by atoms with E-state index in [9.17, 15) is 13.2 Å². The minimum Gasteiger partial charge on any atom is -0.335 e. The summed E-state index contributed by atoms with van der Waals surface area (Å²) in [5.41, 5.74) is 2.05. The average Bonchev–Trinajstić information content (AvgIpc) is 3.34. The zero-order valence-corrected chi connectivity index (χ0v) is 20.0. The van der Waals surface area contributed by atoms with Crippen LogP contribution in [0.2, 0.25) is 0 Å². The Bertz CT molecular complexity index is 1170. The van der Waals surface area contributed by atoms with Gasteiger partial charge < -0.3 is 4.90 Å². The average molecular weight is 461 g/mol. The number of sulfonamides is 1. The van der Waals surface area contributed by atoms with E-state index in [1.165, 1.54) is 15.6 Å². The first-order chi connectivity index (χ1) is 14.7. The molecule has 0 radical (unpaired) electrons. The lowest BCUT2D eigenvalue weighted by atomic mass is 9.99. The van der Waals surface area contributed by atoms with Gasteiger partial charge in [-0.05, 0) is 43.0 Å². The molecule has 31 heavy (non-hydrogen) atoms. The zero-order valence-electron chi connectivity index (χ0n) is 18.3. The molecule has 3 heterocycles. The second-order valence-corrected chi connectivity index (χ2v) is 11.1. The van der Waals surface area contributed by atoms with Crippen molar-refractivity contribution >= 4 is 37.5 Å². The number of hydrogen-bond acceptors (Lipinski definition) is 5. The Balaban J connectivity index is 1.44. The maximum Gasteiger partial charge on any atom is 0.264 e. The van der Waals surface area contributed by atoms with E-state index < -0.39 is 10.0 Å². The van der Waals surface area contributed by atoms with Gasteiger partial charge in [0.05, 0.1) is 15.5 Å². The summed E-state index contributed by atoms with van der Waals surface area (Å²) in [4.78, 5) is 16.7. The van der Waals surface area contributed by atoms with E-state index in [1.54, 1.807) is 21.7 Å². The molecule has 0 bridgehead atoms. The molecule has 9 heteroatoms. The van der Waals surface area contributed by atoms with Crippen molar-refractivity contribution in [1.29, 1.82) is 0 Å². The Morgan fingerprint density at radius 3 is 2.39 bits per heavy atom. The summed E-state index contributed by atoms with van der Waals surface area (Å²) < 4.78 is 29.4. The molecule has 0 aliphatic carbocycles. The lowest BCUT2D eigenvalue weighted by Crippen LogP contribution is -2.50. The van der Waals surface area contributed by atoms with Crippen LogP contribution in [0.5, 0.6) is 0 Å². The van der Waals surface area contributed by atoms with Crippen molar-refractivity contribution in [3.63, 3.8) is 0 Å². The number of rotatable bonds is 5. The zero-order chi connectivity index (χ0) is 22.3. The normalized spacial score (nSPS) is 16.7. The second-order valence-electron chi connectivity index (χ2n) is 8.11. The van der Waals surface area contributed by atoms with Gasteiger partial charge >= 0.3 is 0 Å². The van der Waals surface area contributed by atoms with Gasteiger partial charge in [0.1, 0.15) is 4.83 Å². The van der Waals surface area contributed by atoms with Gasteiger partial charge in [0.2, 0.25) is 10.0 Å². The van der Waals surface area contributed by atoms with Gasteiger partial charge in [-0.3, -0.25) is 9.48 Å². The molecule has 3 aromatic rings. The van der Waals surface area contributed by atoms with Gasteiger partial charge in [-0.1, -0.05) is 26.0 Å². The topological polar surface area (TPSA) is 75.5 Å². The van der Waals surface area contributed by atoms with Crippen LogP contribution in [0.1, 0.15) is 47.1 Å². The van der Waals surface area contributed by atoms with Crippen molar-refractivity contribution < 1.29 is 13.2 Å². The molecule has 0 N–H and O–H groups in total. The van der Waals surface area contributed by atoms with E-state index >= 15 is 0 Å². The predicted molar refractivity (Wildman–Crippen MR) is 123 cm³/mol. The number of benzene rings is 1. The molecule has 1 amide bonds. The standard InChI is InChI=1S/C22H28N4O3S2/c1-5-15(2)17-6-8-18(9-7-17)31(28,29)26-12-10-25(11-13-26)21(27)20-14-19-16(3)23-24(4)22(19)30-20/h6-9,14-15H,5,10-13H2,1-4H3. The van der Waals surface area contributed by atoms with E-state index in [-0.39, 0.29) is 5.91 Å². The summed E-state index contributed by atoms with van der Waals surface area (Å²) in [5, 5.41) is 5.38. The Morgan fingerprint density at radius 2 is 1.81 bits per heavy atom. The molecule has 2 aromatic heterocycles. The SMILES string of the molecule is CCC(C)c1ccc(S(=O)(=O)N2CCN(C(=O)c3cc4c(C)nn(C)c4s3)CC2)cc1. The third-order valence-corrected chi connectivity index (χ3v) is 9.23. The molecule has 1 aliphatic rings. The van der Waals surface area contributed by atoms with Crippen molar-refractivity contribution in [2.75, 3.05) is 26.2 Å². The molecule has 7 nitrogen and oxygen atoms in total. The minimum absolute atomic E-state index is 0.0458. The van der Waals surface area contributed by atoms with E-state index in [4.69, 9.17) is 0 Å².